The number of carbonyl (C=O) groups is 1. The van der Waals surface area contributed by atoms with Crippen molar-refractivity contribution in [2.45, 2.75) is 19.0 Å². The van der Waals surface area contributed by atoms with Crippen LogP contribution < -0.4 is 10.6 Å². The Morgan fingerprint density at radius 1 is 1.50 bits per heavy atom. The van der Waals surface area contributed by atoms with Crippen LogP contribution >= 0.6 is 0 Å². The number of rotatable bonds is 3. The number of benzene rings is 1. The predicted molar refractivity (Wildman–Crippen MR) is 56.3 cm³/mol. The van der Waals surface area contributed by atoms with Crippen molar-refractivity contribution in [2.75, 3.05) is 6.54 Å². The minimum Gasteiger partial charge on any atom is -0.508 e. The number of halogens is 1. The minimum absolute atomic E-state index is 0.0274. The highest BCUT2D eigenvalue weighted by atomic mass is 19.1. The van der Waals surface area contributed by atoms with Crippen molar-refractivity contribution in [3.63, 3.8) is 0 Å². The van der Waals surface area contributed by atoms with Crippen molar-refractivity contribution in [3.8, 4) is 5.75 Å². The summed E-state index contributed by atoms with van der Waals surface area (Å²) >= 11 is 0. The standard InChI is InChI=1S/C11H13FN2O2/c12-8-1-7(2-10(15)3-8)5-13-9-4-11(16)14-6-9/h1-3,9,13,15H,4-6H2,(H,14,16). The molecule has 0 aromatic heterocycles. The molecule has 1 aliphatic rings. The maximum absolute atomic E-state index is 12.9. The second-order valence-electron chi connectivity index (χ2n) is 3.90. The number of phenols is 1. The van der Waals surface area contributed by atoms with Gasteiger partial charge < -0.3 is 15.7 Å². The van der Waals surface area contributed by atoms with Gasteiger partial charge in [0, 0.05) is 31.6 Å². The third kappa shape index (κ3) is 2.70. The van der Waals surface area contributed by atoms with Crippen molar-refractivity contribution < 1.29 is 14.3 Å². The lowest BCUT2D eigenvalue weighted by atomic mass is 10.2. The van der Waals surface area contributed by atoms with Gasteiger partial charge in [0.15, 0.2) is 0 Å². The zero-order chi connectivity index (χ0) is 11.5. The largest absolute Gasteiger partial charge is 0.508 e. The van der Waals surface area contributed by atoms with E-state index in [0.717, 1.165) is 6.07 Å². The van der Waals surface area contributed by atoms with E-state index in [9.17, 15) is 14.3 Å². The number of phenolic OH excluding ortho intramolecular Hbond substituents is 1. The lowest BCUT2D eigenvalue weighted by molar-refractivity contribution is -0.119. The van der Waals surface area contributed by atoms with Crippen LogP contribution in [0.15, 0.2) is 18.2 Å². The molecule has 1 aromatic carbocycles. The second-order valence-corrected chi connectivity index (χ2v) is 3.90. The molecular weight excluding hydrogens is 211 g/mol. The lowest BCUT2D eigenvalue weighted by Gasteiger charge is -2.10. The fourth-order valence-corrected chi connectivity index (χ4v) is 1.75. The van der Waals surface area contributed by atoms with E-state index in [2.05, 4.69) is 10.6 Å². The summed E-state index contributed by atoms with van der Waals surface area (Å²) < 4.78 is 12.9. The predicted octanol–water partition coefficient (Wildman–Crippen LogP) is 0.509. The van der Waals surface area contributed by atoms with Crippen molar-refractivity contribution in [1.82, 2.24) is 10.6 Å². The molecule has 1 fully saturated rings. The summed E-state index contributed by atoms with van der Waals surface area (Å²) in [4.78, 5) is 10.9. The van der Waals surface area contributed by atoms with E-state index < -0.39 is 5.82 Å². The van der Waals surface area contributed by atoms with Crippen LogP contribution in [0.1, 0.15) is 12.0 Å². The molecule has 0 aliphatic carbocycles. The van der Waals surface area contributed by atoms with Gasteiger partial charge in [-0.1, -0.05) is 0 Å². The molecule has 5 heteroatoms. The molecule has 1 amide bonds. The molecule has 1 unspecified atom stereocenters. The van der Waals surface area contributed by atoms with Crippen LogP contribution in [0.4, 0.5) is 4.39 Å². The summed E-state index contributed by atoms with van der Waals surface area (Å²) in [5.74, 6) is -0.519. The zero-order valence-electron chi connectivity index (χ0n) is 8.66. The fraction of sp³-hybridized carbons (Fsp3) is 0.364. The SMILES string of the molecule is O=C1CC(NCc2cc(O)cc(F)c2)CN1. The highest BCUT2D eigenvalue weighted by Gasteiger charge is 2.20. The molecule has 0 spiro atoms. The van der Waals surface area contributed by atoms with Gasteiger partial charge in [0.2, 0.25) is 5.91 Å². The van der Waals surface area contributed by atoms with Gasteiger partial charge in [-0.2, -0.15) is 0 Å². The van der Waals surface area contributed by atoms with Crippen molar-refractivity contribution >= 4 is 5.91 Å². The average molecular weight is 224 g/mol. The first-order valence-electron chi connectivity index (χ1n) is 5.12. The molecule has 86 valence electrons. The highest BCUT2D eigenvalue weighted by molar-refractivity contribution is 5.78. The highest BCUT2D eigenvalue weighted by Crippen LogP contribution is 2.14. The van der Waals surface area contributed by atoms with Crippen LogP contribution in [0.5, 0.6) is 5.75 Å². The molecule has 1 aromatic rings. The van der Waals surface area contributed by atoms with E-state index in [1.54, 1.807) is 0 Å². The summed E-state index contributed by atoms with van der Waals surface area (Å²) in [5.41, 5.74) is 0.664. The Morgan fingerprint density at radius 2 is 2.31 bits per heavy atom. The van der Waals surface area contributed by atoms with E-state index in [0.29, 0.717) is 25.1 Å². The Kier molecular flexibility index (Phi) is 3.05. The molecule has 0 saturated carbocycles. The molecule has 1 aliphatic heterocycles. The Hall–Kier alpha value is -1.62. The molecule has 0 bridgehead atoms. The van der Waals surface area contributed by atoms with E-state index in [4.69, 9.17) is 0 Å². The monoisotopic (exact) mass is 224 g/mol. The first-order valence-corrected chi connectivity index (χ1v) is 5.12. The van der Waals surface area contributed by atoms with Gasteiger partial charge >= 0.3 is 0 Å². The molecular formula is C11H13FN2O2. The van der Waals surface area contributed by atoms with Gasteiger partial charge in [0.05, 0.1) is 0 Å². The third-order valence-electron chi connectivity index (χ3n) is 2.51. The molecule has 1 saturated heterocycles. The summed E-state index contributed by atoms with van der Waals surface area (Å²) in [7, 11) is 0. The van der Waals surface area contributed by atoms with Crippen LogP contribution in [0.3, 0.4) is 0 Å². The average Bonchev–Trinajstić information content (AvgIpc) is 2.60. The van der Waals surface area contributed by atoms with E-state index in [-0.39, 0.29) is 17.7 Å². The smallest absolute Gasteiger partial charge is 0.221 e. The first-order chi connectivity index (χ1) is 7.63. The van der Waals surface area contributed by atoms with Crippen molar-refractivity contribution in [3.05, 3.63) is 29.6 Å². The van der Waals surface area contributed by atoms with Crippen molar-refractivity contribution in [2.24, 2.45) is 0 Å². The summed E-state index contributed by atoms with van der Waals surface area (Å²) in [6.07, 6.45) is 0.446. The molecule has 1 heterocycles. The summed E-state index contributed by atoms with van der Waals surface area (Å²) in [6.45, 7) is 1.03. The van der Waals surface area contributed by atoms with Crippen LogP contribution in [0, 0.1) is 5.82 Å². The summed E-state index contributed by atoms with van der Waals surface area (Å²) in [5, 5.41) is 15.0. The van der Waals surface area contributed by atoms with Gasteiger partial charge in [-0.3, -0.25) is 4.79 Å². The lowest BCUT2D eigenvalue weighted by Crippen LogP contribution is -2.30. The molecule has 0 radical (unpaired) electrons. The van der Waals surface area contributed by atoms with E-state index in [1.165, 1.54) is 12.1 Å². The third-order valence-corrected chi connectivity index (χ3v) is 2.51. The molecule has 2 rings (SSSR count). The van der Waals surface area contributed by atoms with Crippen LogP contribution in [-0.4, -0.2) is 23.6 Å². The van der Waals surface area contributed by atoms with Gasteiger partial charge in [-0.05, 0) is 17.7 Å². The number of nitrogens with one attached hydrogen (secondary N) is 2. The van der Waals surface area contributed by atoms with Gasteiger partial charge in [0.25, 0.3) is 0 Å². The maximum atomic E-state index is 12.9. The van der Waals surface area contributed by atoms with Crippen LogP contribution in [-0.2, 0) is 11.3 Å². The number of hydrogen-bond acceptors (Lipinski definition) is 3. The molecule has 16 heavy (non-hydrogen) atoms. The van der Waals surface area contributed by atoms with E-state index in [1.807, 2.05) is 0 Å². The Morgan fingerprint density at radius 3 is 2.94 bits per heavy atom. The Bertz CT molecular complexity index is 389. The minimum atomic E-state index is -0.461. The fourth-order valence-electron chi connectivity index (χ4n) is 1.75. The molecule has 4 nitrogen and oxygen atoms in total. The maximum Gasteiger partial charge on any atom is 0.221 e. The number of aromatic hydroxyl groups is 1. The Labute approximate surface area is 92.5 Å². The number of carbonyl (C=O) groups excluding carboxylic acids is 1. The normalized spacial score (nSPS) is 19.8. The first kappa shape index (κ1) is 10.9. The molecule has 3 N–H and O–H groups in total. The van der Waals surface area contributed by atoms with Gasteiger partial charge in [-0.25, -0.2) is 4.39 Å². The Balaban J connectivity index is 1.91. The summed E-state index contributed by atoms with van der Waals surface area (Å²) in [6, 6.07) is 4.00. The van der Waals surface area contributed by atoms with E-state index >= 15 is 0 Å². The number of amides is 1. The topological polar surface area (TPSA) is 61.4 Å². The van der Waals surface area contributed by atoms with Gasteiger partial charge in [-0.15, -0.1) is 0 Å². The second kappa shape index (κ2) is 4.49. The van der Waals surface area contributed by atoms with Crippen LogP contribution in [0.2, 0.25) is 0 Å². The van der Waals surface area contributed by atoms with Crippen LogP contribution in [0.25, 0.3) is 0 Å². The van der Waals surface area contributed by atoms with Crippen molar-refractivity contribution in [1.29, 1.82) is 0 Å². The zero-order valence-corrected chi connectivity index (χ0v) is 8.66. The van der Waals surface area contributed by atoms with Gasteiger partial charge in [0.1, 0.15) is 11.6 Å². The number of hydrogen-bond donors (Lipinski definition) is 3. The quantitative estimate of drug-likeness (QED) is 0.701. The molecule has 1 atom stereocenters.